The lowest BCUT2D eigenvalue weighted by atomic mass is 10.1. The molecule has 0 bridgehead atoms. The minimum Gasteiger partial charge on any atom is -0.378 e. The lowest BCUT2D eigenvalue weighted by molar-refractivity contribution is 0.0303. The van der Waals surface area contributed by atoms with Crippen molar-refractivity contribution in [3.8, 4) is 23.1 Å². The van der Waals surface area contributed by atoms with E-state index in [9.17, 15) is 4.79 Å². The maximum atomic E-state index is 12.7. The highest BCUT2D eigenvalue weighted by molar-refractivity contribution is 5.94. The molecule has 6 rings (SSSR count). The molecule has 8 nitrogen and oxygen atoms in total. The van der Waals surface area contributed by atoms with Crippen LogP contribution in [0.15, 0.2) is 61.1 Å². The van der Waals surface area contributed by atoms with Crippen LogP contribution >= 0.6 is 0 Å². The van der Waals surface area contributed by atoms with Crippen LogP contribution in [0.1, 0.15) is 27.2 Å². The van der Waals surface area contributed by atoms with Crippen LogP contribution in [0.2, 0.25) is 0 Å². The average Bonchev–Trinajstić information content (AvgIpc) is 3.55. The molecule has 1 amide bonds. The first kappa shape index (κ1) is 21.1. The van der Waals surface area contributed by atoms with E-state index in [1.54, 1.807) is 10.7 Å². The molecule has 0 unspecified atom stereocenters. The molecule has 35 heavy (non-hydrogen) atoms. The number of morpholine rings is 1. The monoisotopic (exact) mass is 462 g/mol. The van der Waals surface area contributed by atoms with E-state index in [1.807, 2.05) is 66.7 Å². The molecule has 0 aliphatic carbocycles. The molecule has 0 radical (unpaired) electrons. The van der Waals surface area contributed by atoms with Crippen molar-refractivity contribution < 1.29 is 9.53 Å². The van der Waals surface area contributed by atoms with Gasteiger partial charge in [-0.05, 0) is 48.7 Å². The van der Waals surface area contributed by atoms with E-state index >= 15 is 0 Å². The molecule has 0 saturated carbocycles. The molecule has 5 heterocycles. The Balaban J connectivity index is 1.31. The van der Waals surface area contributed by atoms with Gasteiger partial charge in [0.1, 0.15) is 11.3 Å². The second-order valence-corrected chi connectivity index (χ2v) is 8.42. The third kappa shape index (κ3) is 3.92. The normalized spacial score (nSPS) is 13.7. The zero-order chi connectivity index (χ0) is 23.8. The molecule has 1 aliphatic heterocycles. The van der Waals surface area contributed by atoms with Crippen LogP contribution in [0.25, 0.3) is 27.9 Å². The van der Waals surface area contributed by atoms with Gasteiger partial charge in [0.25, 0.3) is 5.91 Å². The summed E-state index contributed by atoms with van der Waals surface area (Å²) in [5.41, 5.74) is 6.52. The number of carbonyl (C=O) groups excluding carboxylic acids is 1. The Morgan fingerprint density at radius 1 is 1.00 bits per heavy atom. The molecule has 0 atom stereocenters. The number of hydrogen-bond acceptors (Lipinski definition) is 5. The van der Waals surface area contributed by atoms with Gasteiger partial charge in [-0.15, -0.1) is 0 Å². The van der Waals surface area contributed by atoms with Gasteiger partial charge in [-0.25, -0.2) is 14.5 Å². The maximum Gasteiger partial charge on any atom is 0.254 e. The first-order valence-corrected chi connectivity index (χ1v) is 11.4. The van der Waals surface area contributed by atoms with Gasteiger partial charge in [0.2, 0.25) is 0 Å². The van der Waals surface area contributed by atoms with Crippen molar-refractivity contribution in [2.45, 2.75) is 6.92 Å². The molecule has 4 aromatic heterocycles. The molecular formula is C27H22N6O2. The number of H-pyrrole nitrogens is 1. The van der Waals surface area contributed by atoms with Crippen LogP contribution in [0.5, 0.6) is 0 Å². The third-order valence-electron chi connectivity index (χ3n) is 6.18. The molecule has 1 aromatic carbocycles. The van der Waals surface area contributed by atoms with Crippen LogP contribution in [0.3, 0.4) is 0 Å². The Hall–Kier alpha value is -4.48. The fourth-order valence-electron chi connectivity index (χ4n) is 4.25. The highest BCUT2D eigenvalue weighted by Crippen LogP contribution is 2.21. The number of aromatic nitrogens is 5. The average molecular weight is 463 g/mol. The number of pyridine rings is 1. The van der Waals surface area contributed by atoms with Crippen molar-refractivity contribution in [2.24, 2.45) is 0 Å². The summed E-state index contributed by atoms with van der Waals surface area (Å²) in [5.74, 6) is 6.54. The van der Waals surface area contributed by atoms with Crippen molar-refractivity contribution in [2.75, 3.05) is 26.3 Å². The summed E-state index contributed by atoms with van der Waals surface area (Å²) in [5, 5.41) is 5.77. The lowest BCUT2D eigenvalue weighted by Crippen LogP contribution is -2.40. The smallest absolute Gasteiger partial charge is 0.254 e. The Morgan fingerprint density at radius 3 is 2.66 bits per heavy atom. The maximum absolute atomic E-state index is 12.7. The number of aryl methyl sites for hydroxylation is 1. The van der Waals surface area contributed by atoms with E-state index in [0.717, 1.165) is 39.1 Å². The number of amides is 1. The van der Waals surface area contributed by atoms with E-state index in [4.69, 9.17) is 9.84 Å². The van der Waals surface area contributed by atoms with Crippen molar-refractivity contribution in [3.63, 3.8) is 0 Å². The SMILES string of the molecule is Cc1cnc2[nH]ccc2c1C#Cc1cnc2ccc(-c3ccc(C(=O)N4CCOCC4)cc3)nn12. The molecule has 1 fully saturated rings. The number of nitrogens with one attached hydrogen (secondary N) is 1. The van der Waals surface area contributed by atoms with E-state index in [1.165, 1.54) is 0 Å². The second-order valence-electron chi connectivity index (χ2n) is 8.42. The van der Waals surface area contributed by atoms with Crippen LogP contribution in [-0.2, 0) is 4.74 Å². The minimum atomic E-state index is 0.0263. The zero-order valence-electron chi connectivity index (χ0n) is 19.2. The van der Waals surface area contributed by atoms with Crippen molar-refractivity contribution in [1.82, 2.24) is 29.5 Å². The van der Waals surface area contributed by atoms with Gasteiger partial charge in [0.15, 0.2) is 5.65 Å². The summed E-state index contributed by atoms with van der Waals surface area (Å²) in [7, 11) is 0. The molecule has 0 spiro atoms. The summed E-state index contributed by atoms with van der Waals surface area (Å²) < 4.78 is 7.09. The molecule has 1 saturated heterocycles. The number of nitrogens with zero attached hydrogens (tertiary/aromatic N) is 5. The topological polar surface area (TPSA) is 88.4 Å². The van der Waals surface area contributed by atoms with Crippen molar-refractivity contribution in [3.05, 3.63) is 83.4 Å². The second kappa shape index (κ2) is 8.70. The van der Waals surface area contributed by atoms with E-state index in [2.05, 4.69) is 26.8 Å². The summed E-state index contributed by atoms with van der Waals surface area (Å²) >= 11 is 0. The number of hydrogen-bond donors (Lipinski definition) is 1. The van der Waals surface area contributed by atoms with Crippen molar-refractivity contribution >= 4 is 22.6 Å². The Kier molecular flexibility index (Phi) is 5.24. The van der Waals surface area contributed by atoms with Gasteiger partial charge in [-0.2, -0.15) is 5.10 Å². The fourth-order valence-corrected chi connectivity index (χ4v) is 4.25. The molecule has 8 heteroatoms. The summed E-state index contributed by atoms with van der Waals surface area (Å²) in [6.07, 6.45) is 5.42. The highest BCUT2D eigenvalue weighted by Gasteiger charge is 2.18. The molecule has 1 aliphatic rings. The zero-order valence-corrected chi connectivity index (χ0v) is 19.2. The first-order valence-electron chi connectivity index (χ1n) is 11.4. The number of carbonyl (C=O) groups is 1. The van der Waals surface area contributed by atoms with Crippen LogP contribution in [-0.4, -0.2) is 61.7 Å². The van der Waals surface area contributed by atoms with E-state index in [0.29, 0.717) is 37.6 Å². The van der Waals surface area contributed by atoms with Gasteiger partial charge in [0.05, 0.1) is 25.1 Å². The number of aromatic amines is 1. The van der Waals surface area contributed by atoms with Gasteiger partial charge in [-0.3, -0.25) is 4.79 Å². The quantitative estimate of drug-likeness (QED) is 0.406. The first-order chi connectivity index (χ1) is 17.2. The van der Waals surface area contributed by atoms with Gasteiger partial charge < -0.3 is 14.6 Å². The Labute approximate surface area is 201 Å². The number of fused-ring (bicyclic) bond motifs is 2. The fraction of sp³-hybridized carbons (Fsp3) is 0.185. The standard InChI is InChI=1S/C27H22N6O2/c1-18-16-30-26-23(10-11-28-26)22(18)7-6-21-17-29-25-9-8-24(31-33(21)25)19-2-4-20(5-3-19)27(34)32-12-14-35-15-13-32/h2-5,8-11,16-17H,12-15H2,1H3,(H,28,30). The predicted molar refractivity (Wildman–Crippen MR) is 132 cm³/mol. The molecular weight excluding hydrogens is 440 g/mol. The summed E-state index contributed by atoms with van der Waals surface area (Å²) in [4.78, 5) is 26.5. The van der Waals surface area contributed by atoms with Crippen molar-refractivity contribution in [1.29, 1.82) is 0 Å². The van der Waals surface area contributed by atoms with Gasteiger partial charge in [-0.1, -0.05) is 18.1 Å². The van der Waals surface area contributed by atoms with Gasteiger partial charge in [0, 0.05) is 47.6 Å². The van der Waals surface area contributed by atoms with E-state index < -0.39 is 0 Å². The number of ether oxygens (including phenoxy) is 1. The molecule has 172 valence electrons. The molecule has 1 N–H and O–H groups in total. The number of imidazole rings is 1. The Morgan fingerprint density at radius 2 is 1.83 bits per heavy atom. The summed E-state index contributed by atoms with van der Waals surface area (Å²) in [6, 6.07) is 13.4. The Bertz CT molecular complexity index is 1610. The summed E-state index contributed by atoms with van der Waals surface area (Å²) in [6.45, 7) is 4.42. The highest BCUT2D eigenvalue weighted by atomic mass is 16.5. The number of benzene rings is 1. The van der Waals surface area contributed by atoms with Crippen LogP contribution < -0.4 is 0 Å². The lowest BCUT2D eigenvalue weighted by Gasteiger charge is -2.26. The van der Waals surface area contributed by atoms with Gasteiger partial charge >= 0.3 is 0 Å². The minimum absolute atomic E-state index is 0.0263. The predicted octanol–water partition coefficient (Wildman–Crippen LogP) is 3.45. The van der Waals surface area contributed by atoms with Crippen LogP contribution in [0.4, 0.5) is 0 Å². The van der Waals surface area contributed by atoms with E-state index in [-0.39, 0.29) is 5.91 Å². The number of rotatable bonds is 2. The van der Waals surface area contributed by atoms with Crippen LogP contribution in [0, 0.1) is 18.8 Å². The third-order valence-corrected chi connectivity index (χ3v) is 6.18. The molecule has 5 aromatic rings. The largest absolute Gasteiger partial charge is 0.378 e.